The molecule has 0 aromatic heterocycles. The zero-order valence-electron chi connectivity index (χ0n) is 62.3. The molecule has 17 nitrogen and oxygen atoms in total. The first-order chi connectivity index (χ1) is 45.7. The number of aliphatic hydroxyl groups is 1. The smallest absolute Gasteiger partial charge is 0.462 e. The van der Waals surface area contributed by atoms with Crippen molar-refractivity contribution in [2.75, 3.05) is 39.6 Å². The number of carbonyl (C=O) groups excluding carboxylic acids is 4. The Morgan fingerprint density at radius 1 is 0.295 bits per heavy atom. The van der Waals surface area contributed by atoms with Gasteiger partial charge in [-0.25, -0.2) is 9.13 Å². The lowest BCUT2D eigenvalue weighted by molar-refractivity contribution is -0.161. The van der Waals surface area contributed by atoms with E-state index >= 15 is 0 Å². The maximum Gasteiger partial charge on any atom is 0.472 e. The lowest BCUT2D eigenvalue weighted by Gasteiger charge is -2.21. The normalized spacial score (nSPS) is 14.7. The third-order valence-corrected chi connectivity index (χ3v) is 20.2. The van der Waals surface area contributed by atoms with Gasteiger partial charge in [0.25, 0.3) is 0 Å². The Morgan fingerprint density at radius 3 is 0.747 bits per heavy atom. The fraction of sp³-hybridized carbons (Fsp3) is 0.947. The summed E-state index contributed by atoms with van der Waals surface area (Å²) in [5.41, 5.74) is 0. The van der Waals surface area contributed by atoms with Crippen LogP contribution in [0.15, 0.2) is 0 Å². The Balaban J connectivity index is 5.15. The van der Waals surface area contributed by atoms with Gasteiger partial charge >= 0.3 is 39.5 Å². The number of phosphoric acid groups is 2. The van der Waals surface area contributed by atoms with E-state index in [1.807, 2.05) is 0 Å². The van der Waals surface area contributed by atoms with Crippen molar-refractivity contribution in [2.45, 2.75) is 401 Å². The minimum Gasteiger partial charge on any atom is -0.462 e. The molecule has 564 valence electrons. The summed E-state index contributed by atoms with van der Waals surface area (Å²) in [5.74, 6) is 0.933. The van der Waals surface area contributed by atoms with Crippen molar-refractivity contribution < 1.29 is 80.2 Å². The molecule has 19 heteroatoms. The quantitative estimate of drug-likeness (QED) is 0.0222. The van der Waals surface area contributed by atoms with Crippen LogP contribution in [0.5, 0.6) is 0 Å². The van der Waals surface area contributed by atoms with Gasteiger partial charge in [-0.05, 0) is 49.4 Å². The predicted octanol–water partition coefficient (Wildman–Crippen LogP) is 22.0. The van der Waals surface area contributed by atoms with Crippen LogP contribution in [0.2, 0.25) is 0 Å². The van der Waals surface area contributed by atoms with Gasteiger partial charge in [-0.2, -0.15) is 0 Å². The van der Waals surface area contributed by atoms with Gasteiger partial charge in [-0.1, -0.05) is 331 Å². The number of aliphatic hydroxyl groups excluding tert-OH is 1. The van der Waals surface area contributed by atoms with Crippen LogP contribution in [-0.2, 0) is 65.4 Å². The van der Waals surface area contributed by atoms with E-state index in [2.05, 4.69) is 55.4 Å². The van der Waals surface area contributed by atoms with Gasteiger partial charge in [0.2, 0.25) is 0 Å². The minimum absolute atomic E-state index is 0.105. The van der Waals surface area contributed by atoms with Crippen molar-refractivity contribution >= 4 is 39.5 Å². The topological polar surface area (TPSA) is 237 Å². The Kier molecular flexibility index (Phi) is 64.0. The first-order valence-corrected chi connectivity index (χ1v) is 42.3. The number of rotatable bonds is 73. The number of unbranched alkanes of at least 4 members (excludes halogenated alkanes) is 37. The monoisotopic (exact) mass is 1400 g/mol. The molecule has 0 aliphatic heterocycles. The van der Waals surface area contributed by atoms with Gasteiger partial charge in [0.05, 0.1) is 26.4 Å². The van der Waals surface area contributed by atoms with Crippen LogP contribution in [0.25, 0.3) is 0 Å². The van der Waals surface area contributed by atoms with E-state index in [9.17, 15) is 43.2 Å². The molecular weight excluding hydrogens is 1250 g/mol. The molecule has 0 aromatic carbocycles. The van der Waals surface area contributed by atoms with Crippen molar-refractivity contribution in [1.82, 2.24) is 0 Å². The third kappa shape index (κ3) is 67.6. The molecule has 0 amide bonds. The Labute approximate surface area is 581 Å². The molecule has 0 bridgehead atoms. The number of phosphoric ester groups is 2. The number of hydrogen-bond acceptors (Lipinski definition) is 15. The molecule has 0 aliphatic carbocycles. The van der Waals surface area contributed by atoms with Crippen LogP contribution in [-0.4, -0.2) is 96.7 Å². The number of esters is 4. The number of carbonyl (C=O) groups is 4. The number of hydrogen-bond donors (Lipinski definition) is 3. The van der Waals surface area contributed by atoms with E-state index in [4.69, 9.17) is 37.0 Å². The molecule has 0 aliphatic rings. The van der Waals surface area contributed by atoms with E-state index < -0.39 is 97.5 Å². The van der Waals surface area contributed by atoms with Crippen LogP contribution < -0.4 is 0 Å². The molecule has 7 atom stereocenters. The second-order valence-corrected chi connectivity index (χ2v) is 31.7. The fourth-order valence-corrected chi connectivity index (χ4v) is 13.1. The van der Waals surface area contributed by atoms with Crippen molar-refractivity contribution in [3.05, 3.63) is 0 Å². The second kappa shape index (κ2) is 65.4. The zero-order chi connectivity index (χ0) is 70.3. The minimum atomic E-state index is -4.96. The molecule has 95 heavy (non-hydrogen) atoms. The molecule has 0 saturated heterocycles. The molecule has 0 aromatic rings. The van der Waals surface area contributed by atoms with E-state index in [0.29, 0.717) is 37.5 Å². The standard InChI is InChI=1S/C76H148O17P2/c1-9-68(7)54-46-38-29-23-19-17-15-13-11-12-14-16-18-20-25-31-42-50-58-75(80)93-72(63-87-74(79)57-49-41-35-34-37-45-53-67(5)6)65-91-95(84,85)89-61-70(77)60-88-94(82,83)90-64-71(62-86-73(78)56-48-40-33-27-28-36-44-52-66(3)4)92-76(81)59-51-43-32-26-22-21-24-30-39-47-55-69(8)10-2/h66-72,77H,9-65H2,1-8H3,(H,82,83)(H,84,85)/t68?,69?,70?,71-,72-/m1/s1. The molecule has 3 N–H and O–H groups in total. The highest BCUT2D eigenvalue weighted by Gasteiger charge is 2.30. The lowest BCUT2D eigenvalue weighted by Crippen LogP contribution is -2.30. The van der Waals surface area contributed by atoms with Crippen LogP contribution in [0.3, 0.4) is 0 Å². The maximum atomic E-state index is 13.1. The van der Waals surface area contributed by atoms with Gasteiger partial charge in [-0.3, -0.25) is 37.3 Å². The summed E-state index contributed by atoms with van der Waals surface area (Å²) in [6.07, 6.45) is 50.2. The van der Waals surface area contributed by atoms with E-state index in [1.165, 1.54) is 173 Å². The highest BCUT2D eigenvalue weighted by atomic mass is 31.2. The van der Waals surface area contributed by atoms with E-state index in [-0.39, 0.29) is 25.7 Å². The number of ether oxygens (including phenoxy) is 4. The average Bonchev–Trinajstić information content (AvgIpc) is 1.17. The maximum absolute atomic E-state index is 13.1. The second-order valence-electron chi connectivity index (χ2n) is 28.8. The molecule has 0 radical (unpaired) electrons. The molecule has 0 heterocycles. The first-order valence-electron chi connectivity index (χ1n) is 39.3. The summed E-state index contributed by atoms with van der Waals surface area (Å²) >= 11 is 0. The lowest BCUT2D eigenvalue weighted by atomic mass is 9.99. The first kappa shape index (κ1) is 93.1. The summed E-state index contributed by atoms with van der Waals surface area (Å²) in [5, 5.41) is 10.6. The van der Waals surface area contributed by atoms with Crippen molar-refractivity contribution in [3.8, 4) is 0 Å². The molecule has 0 saturated carbocycles. The van der Waals surface area contributed by atoms with Crippen LogP contribution in [0, 0.1) is 23.7 Å². The van der Waals surface area contributed by atoms with Gasteiger partial charge in [-0.15, -0.1) is 0 Å². The third-order valence-electron chi connectivity index (χ3n) is 18.3. The SMILES string of the molecule is CCC(C)CCCCCCCCCCCCCCCCCCCCC(=O)O[C@H](COC(=O)CCCCCCCCC(C)C)COP(=O)(O)OCC(O)COP(=O)(O)OC[C@@H](COC(=O)CCCCCCCCCC(C)C)OC(=O)CCCCCCCCCCCCC(C)CC. The summed E-state index contributed by atoms with van der Waals surface area (Å²) in [6, 6.07) is 0. The van der Waals surface area contributed by atoms with Crippen molar-refractivity contribution in [3.63, 3.8) is 0 Å². The fourth-order valence-electron chi connectivity index (χ4n) is 11.5. The van der Waals surface area contributed by atoms with Crippen LogP contribution >= 0.6 is 15.6 Å². The summed E-state index contributed by atoms with van der Waals surface area (Å²) in [7, 11) is -9.91. The summed E-state index contributed by atoms with van der Waals surface area (Å²) < 4.78 is 68.4. The van der Waals surface area contributed by atoms with Crippen molar-refractivity contribution in [2.24, 2.45) is 23.7 Å². The van der Waals surface area contributed by atoms with Gasteiger partial charge in [0, 0.05) is 25.7 Å². The molecular formula is C76H148O17P2. The zero-order valence-corrected chi connectivity index (χ0v) is 64.1. The van der Waals surface area contributed by atoms with Gasteiger partial charge in [0.15, 0.2) is 12.2 Å². The Bertz CT molecular complexity index is 1870. The molecule has 0 rings (SSSR count). The molecule has 0 fully saturated rings. The average molecular weight is 1400 g/mol. The van der Waals surface area contributed by atoms with Gasteiger partial charge in [0.1, 0.15) is 19.3 Å². The Hall–Kier alpha value is -1.94. The summed E-state index contributed by atoms with van der Waals surface area (Å²) in [4.78, 5) is 72.7. The van der Waals surface area contributed by atoms with E-state index in [0.717, 1.165) is 115 Å². The largest absolute Gasteiger partial charge is 0.472 e. The molecule has 5 unspecified atom stereocenters. The van der Waals surface area contributed by atoms with Crippen LogP contribution in [0.1, 0.15) is 383 Å². The van der Waals surface area contributed by atoms with E-state index in [1.54, 1.807) is 0 Å². The predicted molar refractivity (Wildman–Crippen MR) is 386 cm³/mol. The van der Waals surface area contributed by atoms with Gasteiger partial charge < -0.3 is 33.8 Å². The Morgan fingerprint density at radius 2 is 0.505 bits per heavy atom. The summed E-state index contributed by atoms with van der Waals surface area (Å²) in [6.45, 7) is 14.1. The molecule has 0 spiro atoms. The van der Waals surface area contributed by atoms with Crippen molar-refractivity contribution in [1.29, 1.82) is 0 Å². The highest BCUT2D eigenvalue weighted by Crippen LogP contribution is 2.45. The van der Waals surface area contributed by atoms with Crippen LogP contribution in [0.4, 0.5) is 0 Å². The highest BCUT2D eigenvalue weighted by molar-refractivity contribution is 7.47.